The van der Waals surface area contributed by atoms with Gasteiger partial charge in [-0.1, -0.05) is 6.07 Å². The summed E-state index contributed by atoms with van der Waals surface area (Å²) >= 11 is 0. The standard InChI is InChI=1S/C25H29N7O2/c1-27-13-19(12-26)17-3-4-20(21(11-17)33-2)30-24-29-14-18-5-8-28-23(22(18)31-24)32-9-6-25(15-32)7-10-34-16-25/h3-5,8,11-14,26-27H,6-7,9-10,15-16H2,1-2H3,(H,29,30,31)/b19-13+,26-12?. The fraction of sp³-hybridized carbons (Fsp3) is 0.360. The number of methoxy groups -OCH3 is 1. The third-order valence-corrected chi connectivity index (χ3v) is 6.64. The molecule has 0 radical (unpaired) electrons. The van der Waals surface area contributed by atoms with E-state index in [-0.39, 0.29) is 5.41 Å². The summed E-state index contributed by atoms with van der Waals surface area (Å²) in [6, 6.07) is 7.66. The molecular formula is C25H29N7O2. The second-order valence-electron chi connectivity index (χ2n) is 8.81. The van der Waals surface area contributed by atoms with E-state index in [1.54, 1.807) is 20.4 Å². The first-order chi connectivity index (χ1) is 16.6. The van der Waals surface area contributed by atoms with Gasteiger partial charge < -0.3 is 30.4 Å². The topological polar surface area (TPSA) is 108 Å². The molecule has 4 heterocycles. The van der Waals surface area contributed by atoms with Gasteiger partial charge >= 0.3 is 0 Å². The normalized spacial score (nSPS) is 20.2. The summed E-state index contributed by atoms with van der Waals surface area (Å²) in [6.45, 7) is 3.57. The molecule has 176 valence electrons. The van der Waals surface area contributed by atoms with Gasteiger partial charge in [0.2, 0.25) is 5.95 Å². The number of nitrogens with one attached hydrogen (secondary N) is 3. The predicted octanol–water partition coefficient (Wildman–Crippen LogP) is 3.60. The van der Waals surface area contributed by atoms with Crippen LogP contribution in [-0.2, 0) is 4.74 Å². The van der Waals surface area contributed by atoms with Crippen molar-refractivity contribution in [2.75, 3.05) is 50.7 Å². The Hall–Kier alpha value is -3.72. The lowest BCUT2D eigenvalue weighted by Gasteiger charge is -2.23. The summed E-state index contributed by atoms with van der Waals surface area (Å²) < 4.78 is 11.3. The van der Waals surface area contributed by atoms with Crippen molar-refractivity contribution in [3.63, 3.8) is 0 Å². The molecule has 1 aromatic carbocycles. The zero-order valence-corrected chi connectivity index (χ0v) is 19.5. The molecule has 2 fully saturated rings. The summed E-state index contributed by atoms with van der Waals surface area (Å²) in [4.78, 5) is 16.4. The quantitative estimate of drug-likeness (QED) is 0.460. The van der Waals surface area contributed by atoms with Crippen LogP contribution >= 0.6 is 0 Å². The first-order valence-corrected chi connectivity index (χ1v) is 11.4. The second kappa shape index (κ2) is 9.26. The van der Waals surface area contributed by atoms with E-state index in [9.17, 15) is 0 Å². The van der Waals surface area contributed by atoms with Gasteiger partial charge in [-0.3, -0.25) is 0 Å². The molecule has 0 amide bonds. The van der Waals surface area contributed by atoms with E-state index in [1.807, 2.05) is 36.7 Å². The van der Waals surface area contributed by atoms with Crippen LogP contribution in [0.4, 0.5) is 17.5 Å². The third kappa shape index (κ3) is 4.14. The zero-order chi connectivity index (χ0) is 23.5. The minimum Gasteiger partial charge on any atom is -0.495 e. The van der Waals surface area contributed by atoms with Crippen LogP contribution in [0.25, 0.3) is 16.5 Å². The highest BCUT2D eigenvalue weighted by Crippen LogP contribution is 2.40. The van der Waals surface area contributed by atoms with Crippen molar-refractivity contribution >= 4 is 40.1 Å². The van der Waals surface area contributed by atoms with Crippen molar-refractivity contribution in [2.45, 2.75) is 12.8 Å². The molecule has 0 saturated carbocycles. The molecule has 9 nitrogen and oxygen atoms in total. The van der Waals surface area contributed by atoms with E-state index >= 15 is 0 Å². The molecule has 5 rings (SSSR count). The number of pyridine rings is 1. The number of hydrogen-bond acceptors (Lipinski definition) is 9. The molecule has 1 unspecified atom stereocenters. The number of hydrogen-bond donors (Lipinski definition) is 3. The van der Waals surface area contributed by atoms with Crippen LogP contribution in [0.15, 0.2) is 42.9 Å². The van der Waals surface area contributed by atoms with Gasteiger partial charge in [0.1, 0.15) is 11.3 Å². The van der Waals surface area contributed by atoms with Gasteiger partial charge in [0.05, 0.1) is 19.4 Å². The largest absolute Gasteiger partial charge is 0.495 e. The average Bonchev–Trinajstić information content (AvgIpc) is 3.52. The minimum atomic E-state index is 0.240. The molecule has 0 bridgehead atoms. The first-order valence-electron chi connectivity index (χ1n) is 11.4. The molecule has 9 heteroatoms. The van der Waals surface area contributed by atoms with Gasteiger partial charge in [-0.2, -0.15) is 0 Å². The highest BCUT2D eigenvalue weighted by atomic mass is 16.5. The molecule has 3 N–H and O–H groups in total. The molecule has 3 aromatic rings. The Labute approximate surface area is 198 Å². The van der Waals surface area contributed by atoms with E-state index < -0.39 is 0 Å². The lowest BCUT2D eigenvalue weighted by atomic mass is 9.87. The number of allylic oxidation sites excluding steroid dienone is 1. The maximum Gasteiger partial charge on any atom is 0.227 e. The monoisotopic (exact) mass is 459 g/mol. The molecule has 0 aliphatic carbocycles. The molecule has 1 atom stereocenters. The first kappa shape index (κ1) is 22.1. The lowest BCUT2D eigenvalue weighted by Crippen LogP contribution is -2.28. The van der Waals surface area contributed by atoms with E-state index in [0.717, 1.165) is 72.7 Å². The Morgan fingerprint density at radius 1 is 1.26 bits per heavy atom. The number of benzene rings is 1. The van der Waals surface area contributed by atoms with Gasteiger partial charge in [0, 0.05) is 67.9 Å². The van der Waals surface area contributed by atoms with Crippen molar-refractivity contribution in [1.29, 1.82) is 5.41 Å². The third-order valence-electron chi connectivity index (χ3n) is 6.64. The molecule has 2 aliphatic heterocycles. The van der Waals surface area contributed by atoms with E-state index in [4.69, 9.17) is 24.9 Å². The molecule has 2 aliphatic rings. The van der Waals surface area contributed by atoms with Crippen LogP contribution in [0.2, 0.25) is 0 Å². The smallest absolute Gasteiger partial charge is 0.227 e. The molecule has 34 heavy (non-hydrogen) atoms. The van der Waals surface area contributed by atoms with Crippen LogP contribution in [0.5, 0.6) is 5.75 Å². The summed E-state index contributed by atoms with van der Waals surface area (Å²) in [6.07, 6.45) is 8.95. The number of fused-ring (bicyclic) bond motifs is 1. The van der Waals surface area contributed by atoms with E-state index in [2.05, 4.69) is 20.5 Å². The van der Waals surface area contributed by atoms with Crippen LogP contribution in [0, 0.1) is 10.8 Å². The van der Waals surface area contributed by atoms with Gasteiger partial charge in [0.25, 0.3) is 0 Å². The maximum absolute atomic E-state index is 7.66. The zero-order valence-electron chi connectivity index (χ0n) is 19.5. The van der Waals surface area contributed by atoms with Crippen LogP contribution < -0.4 is 20.3 Å². The van der Waals surface area contributed by atoms with Crippen molar-refractivity contribution in [1.82, 2.24) is 20.3 Å². The summed E-state index contributed by atoms with van der Waals surface area (Å²) in [7, 11) is 3.43. The van der Waals surface area contributed by atoms with Gasteiger partial charge in [-0.15, -0.1) is 0 Å². The Bertz CT molecular complexity index is 1240. The molecule has 2 saturated heterocycles. The summed E-state index contributed by atoms with van der Waals surface area (Å²) in [5.41, 5.74) is 3.43. The maximum atomic E-state index is 7.66. The number of ether oxygens (including phenoxy) is 2. The fourth-order valence-corrected chi connectivity index (χ4v) is 4.78. The van der Waals surface area contributed by atoms with Gasteiger partial charge in [-0.25, -0.2) is 15.0 Å². The molecular weight excluding hydrogens is 430 g/mol. The SMILES string of the molecule is CN/C=C(\C=N)c1ccc(Nc2ncc3ccnc(N4CCC5(CCOC5)C4)c3n2)c(OC)c1. The number of rotatable bonds is 7. The molecule has 1 spiro atoms. The predicted molar refractivity (Wildman–Crippen MR) is 134 cm³/mol. The van der Waals surface area contributed by atoms with E-state index in [1.165, 1.54) is 6.21 Å². The van der Waals surface area contributed by atoms with Crippen molar-refractivity contribution < 1.29 is 9.47 Å². The number of nitrogens with zero attached hydrogens (tertiary/aromatic N) is 4. The fourth-order valence-electron chi connectivity index (χ4n) is 4.78. The van der Waals surface area contributed by atoms with Crippen molar-refractivity contribution in [2.24, 2.45) is 5.41 Å². The number of anilines is 3. The van der Waals surface area contributed by atoms with Gasteiger partial charge in [-0.05, 0) is 36.6 Å². The van der Waals surface area contributed by atoms with Crippen molar-refractivity contribution in [3.05, 3.63) is 48.4 Å². The summed E-state index contributed by atoms with van der Waals surface area (Å²) in [5.74, 6) is 2.00. The molecule has 2 aromatic heterocycles. The Morgan fingerprint density at radius 3 is 2.94 bits per heavy atom. The van der Waals surface area contributed by atoms with Crippen molar-refractivity contribution in [3.8, 4) is 5.75 Å². The van der Waals surface area contributed by atoms with Crippen LogP contribution in [0.3, 0.4) is 0 Å². The Balaban J connectivity index is 1.44. The number of aromatic nitrogens is 3. The summed E-state index contributed by atoms with van der Waals surface area (Å²) in [5, 5.41) is 14.9. The second-order valence-corrected chi connectivity index (χ2v) is 8.81. The average molecular weight is 460 g/mol. The Morgan fingerprint density at radius 2 is 2.18 bits per heavy atom. The lowest BCUT2D eigenvalue weighted by molar-refractivity contribution is 0.160. The van der Waals surface area contributed by atoms with Gasteiger partial charge in [0.15, 0.2) is 5.82 Å². The highest BCUT2D eigenvalue weighted by Gasteiger charge is 2.42. The van der Waals surface area contributed by atoms with Crippen LogP contribution in [-0.4, -0.2) is 61.6 Å². The van der Waals surface area contributed by atoms with Crippen LogP contribution in [0.1, 0.15) is 18.4 Å². The van der Waals surface area contributed by atoms with E-state index in [0.29, 0.717) is 11.7 Å². The highest BCUT2D eigenvalue weighted by molar-refractivity contribution is 6.08. The Kier molecular flexibility index (Phi) is 6.02. The minimum absolute atomic E-state index is 0.240.